The summed E-state index contributed by atoms with van der Waals surface area (Å²) in [6.07, 6.45) is -1.50. The van der Waals surface area contributed by atoms with Gasteiger partial charge in [-0.2, -0.15) is 13.2 Å². The molecule has 0 atom stereocenters. The van der Waals surface area contributed by atoms with E-state index in [9.17, 15) is 17.6 Å². The van der Waals surface area contributed by atoms with E-state index >= 15 is 0 Å². The number of benzene rings is 2. The summed E-state index contributed by atoms with van der Waals surface area (Å²) in [4.78, 5) is 0. The molecule has 0 unspecified atom stereocenters. The quantitative estimate of drug-likeness (QED) is 0.429. The normalized spacial score (nSPS) is 13.6. The van der Waals surface area contributed by atoms with E-state index in [2.05, 4.69) is 17.2 Å². The number of aryl methyl sites for hydroxylation is 1. The highest BCUT2D eigenvalue weighted by Gasteiger charge is 2.40. The van der Waals surface area contributed by atoms with Gasteiger partial charge >= 0.3 is 6.18 Å². The van der Waals surface area contributed by atoms with E-state index in [1.807, 2.05) is 19.1 Å². The molecule has 2 aromatic carbocycles. The van der Waals surface area contributed by atoms with Gasteiger partial charge in [-0.15, -0.1) is 0 Å². The van der Waals surface area contributed by atoms with Gasteiger partial charge in [0, 0.05) is 36.1 Å². The molecule has 4 rings (SSSR count). The van der Waals surface area contributed by atoms with Crippen LogP contribution in [0.2, 0.25) is 5.02 Å². The Hall–Kier alpha value is -3.03. The molecule has 3 aromatic rings. The molecule has 2 heterocycles. The molecule has 0 saturated carbocycles. The van der Waals surface area contributed by atoms with Crippen molar-refractivity contribution in [2.75, 3.05) is 0 Å². The molecule has 0 saturated heterocycles. The van der Waals surface area contributed by atoms with E-state index in [-0.39, 0.29) is 29.3 Å². The minimum absolute atomic E-state index is 0.0148. The van der Waals surface area contributed by atoms with Crippen LogP contribution in [-0.2, 0) is 19.3 Å². The maximum Gasteiger partial charge on any atom is 0.418 e. The van der Waals surface area contributed by atoms with Crippen LogP contribution in [0.4, 0.5) is 17.6 Å². The first-order valence-electron chi connectivity index (χ1n) is 9.84. The van der Waals surface area contributed by atoms with Gasteiger partial charge in [-0.25, -0.2) is 4.39 Å². The van der Waals surface area contributed by atoms with Crippen molar-refractivity contribution in [2.45, 2.75) is 26.2 Å². The molecule has 0 spiro atoms. The summed E-state index contributed by atoms with van der Waals surface area (Å²) in [5, 5.41) is 6.55. The van der Waals surface area contributed by atoms with Gasteiger partial charge < -0.3 is 15.2 Å². The van der Waals surface area contributed by atoms with Crippen LogP contribution in [0.3, 0.4) is 0 Å². The third kappa shape index (κ3) is 4.45. The Morgan fingerprint density at radius 1 is 1.09 bits per heavy atom. The average molecular weight is 462 g/mol. The molecular weight excluding hydrogens is 442 g/mol. The summed E-state index contributed by atoms with van der Waals surface area (Å²) in [7, 11) is 0. The zero-order chi connectivity index (χ0) is 23.0. The van der Waals surface area contributed by atoms with Crippen molar-refractivity contribution in [3.05, 3.63) is 99.6 Å². The average Bonchev–Trinajstić information content (AvgIpc) is 3.11. The predicted octanol–water partition coefficient (Wildman–Crippen LogP) is 6.43. The number of halogens is 5. The third-order valence-electron chi connectivity index (χ3n) is 5.27. The van der Waals surface area contributed by atoms with Gasteiger partial charge in [0.25, 0.3) is 0 Å². The summed E-state index contributed by atoms with van der Waals surface area (Å²) >= 11 is 6.21. The van der Waals surface area contributed by atoms with Crippen LogP contribution in [0.25, 0.3) is 17.6 Å². The zero-order valence-electron chi connectivity index (χ0n) is 17.2. The van der Waals surface area contributed by atoms with Crippen LogP contribution in [0.5, 0.6) is 0 Å². The van der Waals surface area contributed by atoms with Crippen molar-refractivity contribution in [3.63, 3.8) is 0 Å². The first kappa shape index (κ1) is 22.2. The van der Waals surface area contributed by atoms with Gasteiger partial charge in [0.1, 0.15) is 5.82 Å². The fourth-order valence-corrected chi connectivity index (χ4v) is 3.86. The van der Waals surface area contributed by atoms with Crippen LogP contribution in [0, 0.1) is 12.7 Å². The topological polar surface area (TPSA) is 29.0 Å². The Labute approximate surface area is 188 Å². The fraction of sp³-hybridized carbons (Fsp3) is 0.167. The molecule has 32 heavy (non-hydrogen) atoms. The van der Waals surface area contributed by atoms with Gasteiger partial charge in [-0.3, -0.25) is 0 Å². The van der Waals surface area contributed by atoms with Gasteiger partial charge in [-0.1, -0.05) is 42.4 Å². The van der Waals surface area contributed by atoms with Crippen LogP contribution in [0.15, 0.2) is 55.2 Å². The van der Waals surface area contributed by atoms with E-state index < -0.39 is 11.7 Å². The van der Waals surface area contributed by atoms with Gasteiger partial charge in [0.15, 0.2) is 0 Å². The Balaban J connectivity index is 1.66. The molecule has 0 radical (unpaired) electrons. The second kappa shape index (κ2) is 8.48. The molecule has 3 nitrogen and oxygen atoms in total. The first-order chi connectivity index (χ1) is 15.1. The summed E-state index contributed by atoms with van der Waals surface area (Å²) in [6, 6.07) is 11.3. The Morgan fingerprint density at radius 3 is 2.47 bits per heavy atom. The van der Waals surface area contributed by atoms with Crippen LogP contribution < -0.4 is 10.6 Å². The summed E-state index contributed by atoms with van der Waals surface area (Å²) in [5.74, 6) is -0.364. The highest BCUT2D eigenvalue weighted by Crippen LogP contribution is 2.40. The van der Waals surface area contributed by atoms with Crippen molar-refractivity contribution in [3.8, 4) is 0 Å². The van der Waals surface area contributed by atoms with Crippen LogP contribution in [0.1, 0.15) is 33.5 Å². The van der Waals surface area contributed by atoms with Gasteiger partial charge in [0.05, 0.1) is 22.7 Å². The molecule has 8 heteroatoms. The molecule has 1 aliphatic heterocycles. The van der Waals surface area contributed by atoms with Crippen molar-refractivity contribution < 1.29 is 17.6 Å². The fourth-order valence-electron chi connectivity index (χ4n) is 3.68. The maximum absolute atomic E-state index is 14.0. The Bertz CT molecular complexity index is 1210. The predicted molar refractivity (Wildman–Crippen MR) is 119 cm³/mol. The second-order valence-electron chi connectivity index (χ2n) is 7.62. The van der Waals surface area contributed by atoms with E-state index in [0.29, 0.717) is 17.3 Å². The minimum Gasteiger partial charge on any atom is -0.353 e. The zero-order valence-corrected chi connectivity index (χ0v) is 17.9. The van der Waals surface area contributed by atoms with Crippen LogP contribution >= 0.6 is 11.6 Å². The highest BCUT2D eigenvalue weighted by atomic mass is 35.5. The minimum atomic E-state index is -4.56. The van der Waals surface area contributed by atoms with E-state index in [1.54, 1.807) is 24.4 Å². The number of fused-ring (bicyclic) bond motifs is 1. The van der Waals surface area contributed by atoms with Gasteiger partial charge in [-0.05, 0) is 41.8 Å². The van der Waals surface area contributed by atoms with Gasteiger partial charge in [0.2, 0.25) is 0 Å². The molecule has 166 valence electrons. The molecular formula is C24H20ClF4N3. The molecule has 1 aliphatic rings. The molecule has 0 bridgehead atoms. The third-order valence-corrected chi connectivity index (χ3v) is 5.68. The number of aromatic nitrogens is 1. The Morgan fingerprint density at radius 2 is 1.81 bits per heavy atom. The number of hydrogen-bond acceptors (Lipinski definition) is 2. The number of nitrogens with one attached hydrogen (secondary N) is 2. The largest absolute Gasteiger partial charge is 0.418 e. The van der Waals surface area contributed by atoms with E-state index in [4.69, 9.17) is 11.6 Å². The number of hydrogen-bond donors (Lipinski definition) is 2. The number of nitrogens with zero attached hydrogens (tertiary/aromatic N) is 1. The lowest BCUT2D eigenvalue weighted by molar-refractivity contribution is -0.138. The molecule has 1 aromatic heterocycles. The summed E-state index contributed by atoms with van der Waals surface area (Å²) in [6.45, 7) is 6.00. The summed E-state index contributed by atoms with van der Waals surface area (Å²) in [5.41, 5.74) is 2.49. The SMILES string of the molecule is C=C1NC(c2ccc(C)c(Cl)c2)=Cn2cc(CNCc3ccc(F)cc3)c(C(F)(F)F)c21. The molecule has 2 N–H and O–H groups in total. The number of rotatable bonds is 5. The monoisotopic (exact) mass is 461 g/mol. The summed E-state index contributed by atoms with van der Waals surface area (Å²) < 4.78 is 56.4. The first-order valence-corrected chi connectivity index (χ1v) is 10.2. The second-order valence-corrected chi connectivity index (χ2v) is 8.03. The van der Waals surface area contributed by atoms with E-state index in [1.165, 1.54) is 22.9 Å². The van der Waals surface area contributed by atoms with Crippen molar-refractivity contribution in [1.82, 2.24) is 15.2 Å². The molecule has 0 amide bonds. The molecule has 0 fully saturated rings. The van der Waals surface area contributed by atoms with Crippen LogP contribution in [-0.4, -0.2) is 4.57 Å². The lowest BCUT2D eigenvalue weighted by Crippen LogP contribution is -2.21. The van der Waals surface area contributed by atoms with Crippen molar-refractivity contribution in [1.29, 1.82) is 0 Å². The molecule has 0 aliphatic carbocycles. The number of alkyl halides is 3. The Kier molecular flexibility index (Phi) is 5.88. The van der Waals surface area contributed by atoms with Crippen molar-refractivity contribution in [2.24, 2.45) is 0 Å². The van der Waals surface area contributed by atoms with Crippen molar-refractivity contribution >= 4 is 29.2 Å². The standard InChI is InChI=1S/C24H20ClF4N3/c1-14-3-6-17(9-20(14)25)21-13-32-12-18(11-30-10-16-4-7-19(26)8-5-16)22(24(27,28)29)23(32)15(2)31-21/h3-9,12-13,30-31H,2,10-11H2,1H3. The smallest absolute Gasteiger partial charge is 0.353 e. The lowest BCUT2D eigenvalue weighted by atomic mass is 10.1. The van der Waals surface area contributed by atoms with E-state index in [0.717, 1.165) is 16.7 Å². The maximum atomic E-state index is 14.0. The highest BCUT2D eigenvalue weighted by molar-refractivity contribution is 6.31. The lowest BCUT2D eigenvalue weighted by Gasteiger charge is -2.23.